The summed E-state index contributed by atoms with van der Waals surface area (Å²) in [5.74, 6) is 0.0696. The van der Waals surface area contributed by atoms with Gasteiger partial charge in [-0.15, -0.1) is 5.10 Å². The minimum absolute atomic E-state index is 0.0696. The standard InChI is InChI=1S/C19H20N4OS/c1-12-5-8-16(9-6-12)18(24)15(4)25-19-20-21-22-23(19)17-10-7-13(2)11-14(17)3/h5-11,15H,1-4H3. The third kappa shape index (κ3) is 3.79. The smallest absolute Gasteiger partial charge is 0.214 e. The van der Waals surface area contributed by atoms with Crippen molar-refractivity contribution in [2.75, 3.05) is 0 Å². The molecule has 0 aliphatic heterocycles. The molecule has 0 aliphatic rings. The molecule has 0 amide bonds. The quantitative estimate of drug-likeness (QED) is 0.514. The second-order valence-corrected chi connectivity index (χ2v) is 7.46. The molecule has 0 aliphatic carbocycles. The molecule has 128 valence electrons. The van der Waals surface area contributed by atoms with Crippen LogP contribution in [0.15, 0.2) is 47.6 Å². The highest BCUT2D eigenvalue weighted by molar-refractivity contribution is 8.00. The van der Waals surface area contributed by atoms with Crippen LogP contribution in [0.2, 0.25) is 0 Å². The summed E-state index contributed by atoms with van der Waals surface area (Å²) in [4.78, 5) is 12.6. The molecule has 1 aromatic heterocycles. The number of benzene rings is 2. The van der Waals surface area contributed by atoms with Crippen molar-refractivity contribution in [2.24, 2.45) is 0 Å². The molecule has 5 nitrogen and oxygen atoms in total. The van der Waals surface area contributed by atoms with Crippen molar-refractivity contribution < 1.29 is 4.79 Å². The first kappa shape index (κ1) is 17.4. The second-order valence-electron chi connectivity index (χ2n) is 6.15. The van der Waals surface area contributed by atoms with E-state index in [1.54, 1.807) is 4.68 Å². The Hall–Kier alpha value is -2.47. The van der Waals surface area contributed by atoms with Gasteiger partial charge in [0.1, 0.15) is 0 Å². The average molecular weight is 352 g/mol. The largest absolute Gasteiger partial charge is 0.293 e. The molecule has 1 heterocycles. The van der Waals surface area contributed by atoms with Crippen LogP contribution in [0.25, 0.3) is 5.69 Å². The van der Waals surface area contributed by atoms with E-state index in [4.69, 9.17) is 0 Å². The Labute approximate surface area is 151 Å². The molecule has 0 fully saturated rings. The van der Waals surface area contributed by atoms with Crippen molar-refractivity contribution in [2.45, 2.75) is 38.1 Å². The third-order valence-corrected chi connectivity index (χ3v) is 5.04. The average Bonchev–Trinajstić information content (AvgIpc) is 3.02. The van der Waals surface area contributed by atoms with Gasteiger partial charge in [0.2, 0.25) is 5.16 Å². The van der Waals surface area contributed by atoms with Gasteiger partial charge < -0.3 is 0 Å². The molecule has 3 rings (SSSR count). The summed E-state index contributed by atoms with van der Waals surface area (Å²) >= 11 is 1.37. The van der Waals surface area contributed by atoms with Gasteiger partial charge in [-0.05, 0) is 49.8 Å². The first-order chi connectivity index (χ1) is 12.0. The van der Waals surface area contributed by atoms with E-state index in [-0.39, 0.29) is 11.0 Å². The van der Waals surface area contributed by atoms with Gasteiger partial charge in [-0.2, -0.15) is 4.68 Å². The molecule has 3 aromatic rings. The zero-order valence-corrected chi connectivity index (χ0v) is 15.5. The summed E-state index contributed by atoms with van der Waals surface area (Å²) < 4.78 is 1.69. The highest BCUT2D eigenvalue weighted by Crippen LogP contribution is 2.26. The van der Waals surface area contributed by atoms with Crippen LogP contribution in [0, 0.1) is 20.8 Å². The lowest BCUT2D eigenvalue weighted by Crippen LogP contribution is -2.15. The highest BCUT2D eigenvalue weighted by Gasteiger charge is 2.21. The molecule has 0 N–H and O–H groups in total. The fourth-order valence-corrected chi connectivity index (χ4v) is 3.49. The molecule has 0 saturated heterocycles. The first-order valence-electron chi connectivity index (χ1n) is 8.09. The van der Waals surface area contributed by atoms with Crippen LogP contribution in [-0.4, -0.2) is 31.2 Å². The minimum atomic E-state index is -0.279. The van der Waals surface area contributed by atoms with Crippen molar-refractivity contribution in [1.29, 1.82) is 0 Å². The number of aryl methyl sites for hydroxylation is 3. The van der Waals surface area contributed by atoms with Gasteiger partial charge in [0, 0.05) is 5.56 Å². The number of hydrogen-bond acceptors (Lipinski definition) is 5. The number of thioether (sulfide) groups is 1. The predicted molar refractivity (Wildman–Crippen MR) is 99.5 cm³/mol. The van der Waals surface area contributed by atoms with Crippen LogP contribution < -0.4 is 0 Å². The molecule has 0 spiro atoms. The molecule has 1 unspecified atom stereocenters. The van der Waals surface area contributed by atoms with Crippen LogP contribution in [-0.2, 0) is 0 Å². The third-order valence-electron chi connectivity index (χ3n) is 4.01. The van der Waals surface area contributed by atoms with Crippen LogP contribution in [0.4, 0.5) is 0 Å². The predicted octanol–water partition coefficient (Wildman–Crippen LogP) is 3.95. The Morgan fingerprint density at radius 3 is 2.40 bits per heavy atom. The van der Waals surface area contributed by atoms with Crippen LogP contribution >= 0.6 is 11.8 Å². The van der Waals surface area contributed by atoms with E-state index in [2.05, 4.69) is 21.6 Å². The molecule has 25 heavy (non-hydrogen) atoms. The lowest BCUT2D eigenvalue weighted by Gasteiger charge is -2.12. The maximum Gasteiger partial charge on any atom is 0.214 e. The second kappa shape index (κ2) is 7.19. The summed E-state index contributed by atoms with van der Waals surface area (Å²) in [6.07, 6.45) is 0. The van der Waals surface area contributed by atoms with E-state index in [1.165, 1.54) is 17.3 Å². The van der Waals surface area contributed by atoms with Gasteiger partial charge in [-0.3, -0.25) is 4.79 Å². The van der Waals surface area contributed by atoms with Crippen LogP contribution in [0.3, 0.4) is 0 Å². The van der Waals surface area contributed by atoms with Crippen molar-refractivity contribution in [3.05, 3.63) is 64.7 Å². The molecule has 0 saturated carbocycles. The summed E-state index contributed by atoms with van der Waals surface area (Å²) in [7, 11) is 0. The summed E-state index contributed by atoms with van der Waals surface area (Å²) in [6.45, 7) is 7.96. The van der Waals surface area contributed by atoms with Gasteiger partial charge in [0.05, 0.1) is 10.9 Å². The minimum Gasteiger partial charge on any atom is -0.293 e. The topological polar surface area (TPSA) is 60.7 Å². The van der Waals surface area contributed by atoms with Gasteiger partial charge in [0.25, 0.3) is 0 Å². The van der Waals surface area contributed by atoms with Gasteiger partial charge in [-0.25, -0.2) is 0 Å². The molecule has 6 heteroatoms. The zero-order chi connectivity index (χ0) is 18.0. The summed E-state index contributed by atoms with van der Waals surface area (Å²) in [5, 5.41) is 12.3. The van der Waals surface area contributed by atoms with Gasteiger partial charge >= 0.3 is 0 Å². The van der Waals surface area contributed by atoms with E-state index in [0.29, 0.717) is 10.7 Å². The first-order valence-corrected chi connectivity index (χ1v) is 8.97. The Morgan fingerprint density at radius 2 is 1.72 bits per heavy atom. The van der Waals surface area contributed by atoms with Gasteiger partial charge in [-0.1, -0.05) is 59.3 Å². The number of carbonyl (C=O) groups excluding carboxylic acids is 1. The Kier molecular flexibility index (Phi) is 4.99. The van der Waals surface area contributed by atoms with Crippen molar-refractivity contribution >= 4 is 17.5 Å². The summed E-state index contributed by atoms with van der Waals surface area (Å²) in [6, 6.07) is 13.7. The van der Waals surface area contributed by atoms with E-state index in [1.807, 2.05) is 64.1 Å². The van der Waals surface area contributed by atoms with Crippen molar-refractivity contribution in [3.8, 4) is 5.69 Å². The van der Waals surface area contributed by atoms with Crippen LogP contribution in [0.5, 0.6) is 0 Å². The Bertz CT molecular complexity index is 902. The Balaban J connectivity index is 1.83. The number of hydrogen-bond donors (Lipinski definition) is 0. The molecular weight excluding hydrogens is 332 g/mol. The monoisotopic (exact) mass is 352 g/mol. The lowest BCUT2D eigenvalue weighted by molar-refractivity contribution is 0.0994. The lowest BCUT2D eigenvalue weighted by atomic mass is 10.1. The number of ketones is 1. The maximum atomic E-state index is 12.6. The fraction of sp³-hybridized carbons (Fsp3) is 0.263. The van der Waals surface area contributed by atoms with E-state index in [0.717, 1.165) is 16.8 Å². The molecule has 0 radical (unpaired) electrons. The normalized spacial score (nSPS) is 12.2. The zero-order valence-electron chi connectivity index (χ0n) is 14.7. The van der Waals surface area contributed by atoms with E-state index < -0.39 is 0 Å². The van der Waals surface area contributed by atoms with Gasteiger partial charge in [0.15, 0.2) is 5.78 Å². The molecular formula is C19H20N4OS. The van der Waals surface area contributed by atoms with E-state index >= 15 is 0 Å². The molecule has 0 bridgehead atoms. The maximum absolute atomic E-state index is 12.6. The number of aromatic nitrogens is 4. The van der Waals surface area contributed by atoms with Crippen molar-refractivity contribution in [3.63, 3.8) is 0 Å². The number of tetrazole rings is 1. The fourth-order valence-electron chi connectivity index (χ4n) is 2.61. The number of Topliss-reactive ketones (excluding diaryl/α,β-unsaturated/α-hetero) is 1. The number of nitrogens with zero attached hydrogens (tertiary/aromatic N) is 4. The van der Waals surface area contributed by atoms with E-state index in [9.17, 15) is 4.79 Å². The molecule has 1 atom stereocenters. The van der Waals surface area contributed by atoms with Crippen LogP contribution in [0.1, 0.15) is 34.0 Å². The molecule has 2 aromatic carbocycles. The number of carbonyl (C=O) groups is 1. The Morgan fingerprint density at radius 1 is 1.04 bits per heavy atom. The number of rotatable bonds is 5. The summed E-state index contributed by atoms with van der Waals surface area (Å²) in [5.41, 5.74) is 5.04. The van der Waals surface area contributed by atoms with Crippen molar-refractivity contribution in [1.82, 2.24) is 20.2 Å². The SMILES string of the molecule is Cc1ccc(C(=O)C(C)Sc2nnnn2-c2ccc(C)cc2C)cc1. The highest BCUT2D eigenvalue weighted by atomic mass is 32.2.